The molecule has 1 N–H and O–H groups in total. The summed E-state index contributed by atoms with van der Waals surface area (Å²) in [5.41, 5.74) is 2.82. The van der Waals surface area contributed by atoms with Gasteiger partial charge < -0.3 is 14.8 Å². The second-order valence-electron chi connectivity index (χ2n) is 7.13. The Hall–Kier alpha value is -2.82. The van der Waals surface area contributed by atoms with Gasteiger partial charge in [0.2, 0.25) is 0 Å². The van der Waals surface area contributed by atoms with Gasteiger partial charge in [-0.1, -0.05) is 25.1 Å². The molecule has 1 aromatic carbocycles. The molecule has 2 atom stereocenters. The number of H-pyrrole nitrogens is 1. The van der Waals surface area contributed by atoms with Crippen LogP contribution in [0.25, 0.3) is 11.0 Å². The van der Waals surface area contributed by atoms with E-state index in [1.54, 1.807) is 0 Å². The van der Waals surface area contributed by atoms with Crippen LogP contribution in [0.5, 0.6) is 0 Å². The van der Waals surface area contributed by atoms with E-state index in [1.165, 1.54) is 0 Å². The molecule has 1 fully saturated rings. The maximum Gasteiger partial charge on any atom is 0.253 e. The lowest BCUT2D eigenvalue weighted by Crippen LogP contribution is -2.52. The third kappa shape index (κ3) is 2.94. The van der Waals surface area contributed by atoms with Crippen LogP contribution >= 0.6 is 0 Å². The van der Waals surface area contributed by atoms with Crippen LogP contribution in [0.1, 0.15) is 23.7 Å². The first-order valence-electron chi connectivity index (χ1n) is 9.14. The van der Waals surface area contributed by atoms with Crippen molar-refractivity contribution in [3.63, 3.8) is 0 Å². The molecule has 1 aliphatic heterocycles. The summed E-state index contributed by atoms with van der Waals surface area (Å²) in [6.07, 6.45) is 4.77. The van der Waals surface area contributed by atoms with Gasteiger partial charge in [-0.15, -0.1) is 0 Å². The Labute approximate surface area is 153 Å². The maximum absolute atomic E-state index is 12.9. The molecule has 26 heavy (non-hydrogen) atoms. The molecule has 0 spiro atoms. The Balaban J connectivity index is 1.59. The van der Waals surface area contributed by atoms with E-state index in [9.17, 15) is 4.79 Å². The Morgan fingerprint density at radius 1 is 1.23 bits per heavy atom. The largest absolute Gasteiger partial charge is 0.369 e. The average Bonchev–Trinajstić information content (AvgIpc) is 3.17. The van der Waals surface area contributed by atoms with Gasteiger partial charge in [0.1, 0.15) is 5.65 Å². The second-order valence-corrected chi connectivity index (χ2v) is 7.13. The smallest absolute Gasteiger partial charge is 0.253 e. The van der Waals surface area contributed by atoms with Crippen LogP contribution in [-0.2, 0) is 0 Å². The molecule has 134 valence electrons. The zero-order chi connectivity index (χ0) is 18.1. The first-order chi connectivity index (χ1) is 12.6. The van der Waals surface area contributed by atoms with Crippen LogP contribution < -0.4 is 4.90 Å². The molecule has 3 aromatic rings. The van der Waals surface area contributed by atoms with E-state index >= 15 is 0 Å². The van der Waals surface area contributed by atoms with Crippen molar-refractivity contribution in [1.82, 2.24) is 14.9 Å². The number of carbonyl (C=O) groups is 1. The minimum Gasteiger partial charge on any atom is -0.369 e. The van der Waals surface area contributed by atoms with Gasteiger partial charge in [-0.3, -0.25) is 4.79 Å². The summed E-state index contributed by atoms with van der Waals surface area (Å²) in [6.45, 7) is 3.83. The van der Waals surface area contributed by atoms with E-state index < -0.39 is 0 Å². The lowest BCUT2D eigenvalue weighted by Gasteiger charge is -2.42. The number of fused-ring (bicyclic) bond motifs is 1. The molecule has 0 bridgehead atoms. The molecule has 0 aliphatic carbocycles. The van der Waals surface area contributed by atoms with Gasteiger partial charge in [0.25, 0.3) is 5.91 Å². The number of hydrogen-bond acceptors (Lipinski definition) is 3. The molecule has 0 saturated carbocycles. The first kappa shape index (κ1) is 16.6. The summed E-state index contributed by atoms with van der Waals surface area (Å²) < 4.78 is 0. The third-order valence-electron chi connectivity index (χ3n) is 5.54. The van der Waals surface area contributed by atoms with E-state index in [0.29, 0.717) is 5.92 Å². The van der Waals surface area contributed by atoms with E-state index in [1.807, 2.05) is 47.6 Å². The lowest BCUT2D eigenvalue weighted by molar-refractivity contribution is 0.0670. The van der Waals surface area contributed by atoms with Crippen LogP contribution in [0.4, 0.5) is 5.69 Å². The summed E-state index contributed by atoms with van der Waals surface area (Å²) in [4.78, 5) is 24.7. The third-order valence-corrected chi connectivity index (χ3v) is 5.54. The number of anilines is 1. The van der Waals surface area contributed by atoms with Crippen molar-refractivity contribution in [2.75, 3.05) is 25.0 Å². The number of benzene rings is 1. The number of piperidine rings is 1. The normalized spacial score (nSPS) is 20.3. The topological polar surface area (TPSA) is 52.2 Å². The number of nitrogens with zero attached hydrogens (tertiary/aromatic N) is 3. The summed E-state index contributed by atoms with van der Waals surface area (Å²) in [7, 11) is 2.12. The van der Waals surface area contributed by atoms with Crippen molar-refractivity contribution >= 4 is 22.6 Å². The van der Waals surface area contributed by atoms with Gasteiger partial charge in [0.05, 0.1) is 0 Å². The van der Waals surface area contributed by atoms with E-state index in [-0.39, 0.29) is 11.9 Å². The molecule has 4 rings (SSSR count). The molecule has 1 amide bonds. The average molecular weight is 348 g/mol. The molecule has 2 aromatic heterocycles. The van der Waals surface area contributed by atoms with E-state index in [2.05, 4.69) is 41.0 Å². The zero-order valence-corrected chi connectivity index (χ0v) is 15.2. The molecule has 0 radical (unpaired) electrons. The van der Waals surface area contributed by atoms with Crippen molar-refractivity contribution in [2.24, 2.45) is 5.92 Å². The number of rotatable bonds is 3. The number of nitrogens with one attached hydrogen (secondary N) is 1. The SMILES string of the molecule is C[C@@H]1CCN(C(=O)c2ccccc2)CC1N(C)c1ccnc2[nH]ccc12. The highest BCUT2D eigenvalue weighted by molar-refractivity contribution is 5.94. The molecular weight excluding hydrogens is 324 g/mol. The minimum absolute atomic E-state index is 0.123. The summed E-state index contributed by atoms with van der Waals surface area (Å²) in [5.74, 6) is 0.638. The standard InChI is InChI=1S/C21H24N4O/c1-15-10-13-25(21(26)16-6-4-3-5-7-16)14-19(15)24(2)18-9-12-23-20-17(18)8-11-22-20/h3-9,11-12,15,19H,10,13-14H2,1-2H3,(H,22,23)/t15-,19?/m1/s1. The van der Waals surface area contributed by atoms with Crippen molar-refractivity contribution in [3.05, 3.63) is 60.4 Å². The van der Waals surface area contributed by atoms with Crippen LogP contribution in [0.15, 0.2) is 54.9 Å². The fraction of sp³-hybridized carbons (Fsp3) is 0.333. The van der Waals surface area contributed by atoms with Crippen molar-refractivity contribution in [3.8, 4) is 0 Å². The summed E-state index contributed by atoms with van der Waals surface area (Å²) in [6, 6.07) is 14.0. The summed E-state index contributed by atoms with van der Waals surface area (Å²) >= 11 is 0. The fourth-order valence-corrected chi connectivity index (χ4v) is 3.93. The monoisotopic (exact) mass is 348 g/mol. The van der Waals surface area contributed by atoms with Gasteiger partial charge >= 0.3 is 0 Å². The second kappa shape index (κ2) is 6.83. The fourth-order valence-electron chi connectivity index (χ4n) is 3.93. The minimum atomic E-state index is 0.123. The number of pyridine rings is 1. The van der Waals surface area contributed by atoms with Gasteiger partial charge in [0.15, 0.2) is 0 Å². The number of likely N-dealkylation sites (tertiary alicyclic amines) is 1. The number of hydrogen-bond donors (Lipinski definition) is 1. The highest BCUT2D eigenvalue weighted by Crippen LogP contribution is 2.30. The van der Waals surface area contributed by atoms with Crippen LogP contribution in [-0.4, -0.2) is 47.0 Å². The highest BCUT2D eigenvalue weighted by Gasteiger charge is 2.32. The molecule has 1 aliphatic rings. The number of aromatic nitrogens is 2. The first-order valence-corrected chi connectivity index (χ1v) is 9.14. The highest BCUT2D eigenvalue weighted by atomic mass is 16.2. The van der Waals surface area contributed by atoms with Crippen molar-refractivity contribution in [2.45, 2.75) is 19.4 Å². The molecule has 5 heteroatoms. The molecule has 5 nitrogen and oxygen atoms in total. The Morgan fingerprint density at radius 3 is 2.85 bits per heavy atom. The molecule has 1 saturated heterocycles. The van der Waals surface area contributed by atoms with Gasteiger partial charge in [-0.2, -0.15) is 0 Å². The van der Waals surface area contributed by atoms with Crippen LogP contribution in [0.3, 0.4) is 0 Å². The van der Waals surface area contributed by atoms with E-state index in [0.717, 1.165) is 41.8 Å². The quantitative estimate of drug-likeness (QED) is 0.787. The maximum atomic E-state index is 12.9. The van der Waals surface area contributed by atoms with Gasteiger partial charge in [-0.25, -0.2) is 4.98 Å². The van der Waals surface area contributed by atoms with Crippen molar-refractivity contribution < 1.29 is 4.79 Å². The molecular formula is C21H24N4O. The number of aromatic amines is 1. The van der Waals surface area contributed by atoms with Gasteiger partial charge in [-0.05, 0) is 36.6 Å². The predicted molar refractivity (Wildman–Crippen MR) is 104 cm³/mol. The predicted octanol–water partition coefficient (Wildman–Crippen LogP) is 3.55. The van der Waals surface area contributed by atoms with Gasteiger partial charge in [0, 0.05) is 55.2 Å². The number of carbonyl (C=O) groups excluding carboxylic acids is 1. The number of likely N-dealkylation sites (N-methyl/N-ethyl adjacent to an activating group) is 1. The number of amides is 1. The van der Waals surface area contributed by atoms with Crippen LogP contribution in [0, 0.1) is 5.92 Å². The molecule has 1 unspecified atom stereocenters. The Kier molecular flexibility index (Phi) is 4.37. The zero-order valence-electron chi connectivity index (χ0n) is 15.2. The Bertz CT molecular complexity index is 905. The molecule has 3 heterocycles. The Morgan fingerprint density at radius 2 is 2.04 bits per heavy atom. The van der Waals surface area contributed by atoms with E-state index in [4.69, 9.17) is 0 Å². The van der Waals surface area contributed by atoms with Crippen molar-refractivity contribution in [1.29, 1.82) is 0 Å². The summed E-state index contributed by atoms with van der Waals surface area (Å²) in [5, 5.41) is 1.12. The lowest BCUT2D eigenvalue weighted by atomic mass is 9.91. The van der Waals surface area contributed by atoms with Crippen LogP contribution in [0.2, 0.25) is 0 Å².